The Kier molecular flexibility index (Phi) is 8.27. The summed E-state index contributed by atoms with van der Waals surface area (Å²) in [5.41, 5.74) is 1.82. The van der Waals surface area contributed by atoms with E-state index in [1.54, 1.807) is 0 Å². The molecule has 2 atom stereocenters. The summed E-state index contributed by atoms with van der Waals surface area (Å²) in [5, 5.41) is 2.87. The second-order valence-electron chi connectivity index (χ2n) is 10.5. The number of nitrogens with zero attached hydrogens (tertiary/aromatic N) is 2. The van der Waals surface area contributed by atoms with Crippen molar-refractivity contribution < 1.29 is 14.4 Å². The number of likely N-dealkylation sites (tertiary alicyclic amines) is 1. The first-order valence-corrected chi connectivity index (χ1v) is 12.2. The number of H-pyrrole nitrogens is 1. The standard InChI is InChI=1S/C26H38N4O3/c1-18-9-7-8-16-30(18)25(33)17-21(29-24(32)14-15-26(2,3)4)22(31)12-13-23-27-19-10-5-6-11-20(19)28-23/h5-6,10-11,18,21H,7-9,12-17H2,1-4H3,(H,27,28)(H,29,32)/t18-,21-/m0/s1. The molecule has 0 bridgehead atoms. The first-order chi connectivity index (χ1) is 15.6. The van der Waals surface area contributed by atoms with Crippen molar-refractivity contribution in [1.82, 2.24) is 20.2 Å². The second kappa shape index (κ2) is 10.9. The van der Waals surface area contributed by atoms with E-state index in [0.717, 1.165) is 49.1 Å². The molecule has 2 heterocycles. The summed E-state index contributed by atoms with van der Waals surface area (Å²) >= 11 is 0. The molecular formula is C26H38N4O3. The lowest BCUT2D eigenvalue weighted by Gasteiger charge is -2.34. The molecule has 0 saturated carbocycles. The lowest BCUT2D eigenvalue weighted by atomic mass is 9.90. The van der Waals surface area contributed by atoms with Gasteiger partial charge in [0, 0.05) is 31.8 Å². The highest BCUT2D eigenvalue weighted by atomic mass is 16.2. The number of rotatable bonds is 9. The molecule has 1 saturated heterocycles. The molecule has 2 amide bonds. The first kappa shape index (κ1) is 24.9. The van der Waals surface area contributed by atoms with Gasteiger partial charge in [0.2, 0.25) is 11.8 Å². The molecule has 0 unspecified atom stereocenters. The third-order valence-electron chi connectivity index (χ3n) is 6.37. The van der Waals surface area contributed by atoms with Gasteiger partial charge in [0.1, 0.15) is 5.82 Å². The number of para-hydroxylation sites is 2. The van der Waals surface area contributed by atoms with Crippen LogP contribution in [0.15, 0.2) is 24.3 Å². The van der Waals surface area contributed by atoms with Crippen LogP contribution < -0.4 is 5.32 Å². The molecule has 0 radical (unpaired) electrons. The summed E-state index contributed by atoms with van der Waals surface area (Å²) in [6, 6.07) is 7.11. The number of amides is 2. The fourth-order valence-electron chi connectivity index (χ4n) is 4.30. The highest BCUT2D eigenvalue weighted by molar-refractivity contribution is 5.93. The van der Waals surface area contributed by atoms with Crippen molar-refractivity contribution in [2.75, 3.05) is 6.54 Å². The van der Waals surface area contributed by atoms with Crippen molar-refractivity contribution in [1.29, 1.82) is 0 Å². The average Bonchev–Trinajstić information content (AvgIpc) is 3.18. The van der Waals surface area contributed by atoms with E-state index in [1.165, 1.54) is 0 Å². The monoisotopic (exact) mass is 454 g/mol. The smallest absolute Gasteiger partial charge is 0.225 e. The number of imidazole rings is 1. The Bertz CT molecular complexity index is 942. The summed E-state index contributed by atoms with van der Waals surface area (Å²) in [6.45, 7) is 9.02. The van der Waals surface area contributed by atoms with Crippen LogP contribution in [0.25, 0.3) is 11.0 Å². The molecule has 2 aromatic rings. The van der Waals surface area contributed by atoms with Gasteiger partial charge in [-0.15, -0.1) is 0 Å². The number of hydrogen-bond acceptors (Lipinski definition) is 4. The van der Waals surface area contributed by atoms with Gasteiger partial charge in [-0.05, 0) is 50.2 Å². The van der Waals surface area contributed by atoms with Gasteiger partial charge in [-0.2, -0.15) is 0 Å². The predicted octanol–water partition coefficient (Wildman–Crippen LogP) is 4.17. The molecule has 1 fully saturated rings. The average molecular weight is 455 g/mol. The van der Waals surface area contributed by atoms with Crippen molar-refractivity contribution in [3.8, 4) is 0 Å². The first-order valence-electron chi connectivity index (χ1n) is 12.2. The zero-order valence-electron chi connectivity index (χ0n) is 20.4. The van der Waals surface area contributed by atoms with Crippen LogP contribution in [-0.4, -0.2) is 51.1 Å². The summed E-state index contributed by atoms with van der Waals surface area (Å²) in [4.78, 5) is 48.4. The van der Waals surface area contributed by atoms with E-state index in [2.05, 4.69) is 43.0 Å². The van der Waals surface area contributed by atoms with Gasteiger partial charge >= 0.3 is 0 Å². The topological polar surface area (TPSA) is 95.2 Å². The van der Waals surface area contributed by atoms with Crippen molar-refractivity contribution in [3.63, 3.8) is 0 Å². The zero-order chi connectivity index (χ0) is 24.0. The summed E-state index contributed by atoms with van der Waals surface area (Å²) < 4.78 is 0. The third-order valence-corrected chi connectivity index (χ3v) is 6.37. The number of hydrogen-bond donors (Lipinski definition) is 2. The number of fused-ring (bicyclic) bond motifs is 1. The Hall–Kier alpha value is -2.70. The quantitative estimate of drug-likeness (QED) is 0.595. The van der Waals surface area contributed by atoms with Crippen LogP contribution in [-0.2, 0) is 20.8 Å². The minimum atomic E-state index is -0.802. The molecule has 1 aromatic heterocycles. The molecule has 33 heavy (non-hydrogen) atoms. The molecular weight excluding hydrogens is 416 g/mol. The van der Waals surface area contributed by atoms with Crippen LogP contribution in [0.5, 0.6) is 0 Å². The van der Waals surface area contributed by atoms with E-state index in [1.807, 2.05) is 29.2 Å². The van der Waals surface area contributed by atoms with Crippen LogP contribution in [0.2, 0.25) is 0 Å². The lowest BCUT2D eigenvalue weighted by Crippen LogP contribution is -2.48. The van der Waals surface area contributed by atoms with Crippen molar-refractivity contribution in [3.05, 3.63) is 30.1 Å². The summed E-state index contributed by atoms with van der Waals surface area (Å²) in [5.74, 6) is 0.378. The van der Waals surface area contributed by atoms with Gasteiger partial charge in [0.15, 0.2) is 5.78 Å². The summed E-state index contributed by atoms with van der Waals surface area (Å²) in [7, 11) is 0. The van der Waals surface area contributed by atoms with E-state index < -0.39 is 6.04 Å². The Morgan fingerprint density at radius 2 is 1.94 bits per heavy atom. The van der Waals surface area contributed by atoms with Gasteiger partial charge in [-0.25, -0.2) is 4.98 Å². The minimum Gasteiger partial charge on any atom is -0.346 e. The molecule has 2 N–H and O–H groups in total. The van der Waals surface area contributed by atoms with Crippen molar-refractivity contribution in [2.24, 2.45) is 5.41 Å². The predicted molar refractivity (Wildman–Crippen MR) is 130 cm³/mol. The molecule has 1 aliphatic heterocycles. The van der Waals surface area contributed by atoms with Crippen LogP contribution in [0, 0.1) is 5.41 Å². The Labute approximate surface area is 196 Å². The van der Waals surface area contributed by atoms with Gasteiger partial charge < -0.3 is 15.2 Å². The number of carbonyl (C=O) groups excluding carboxylic acids is 3. The van der Waals surface area contributed by atoms with Crippen LogP contribution in [0.1, 0.15) is 78.5 Å². The number of nitrogens with one attached hydrogen (secondary N) is 2. The maximum Gasteiger partial charge on any atom is 0.225 e. The lowest BCUT2D eigenvalue weighted by molar-refractivity contribution is -0.138. The molecule has 1 aromatic carbocycles. The number of aromatic nitrogens is 2. The van der Waals surface area contributed by atoms with Crippen LogP contribution in [0.3, 0.4) is 0 Å². The maximum atomic E-state index is 13.1. The molecule has 3 rings (SSSR count). The SMILES string of the molecule is C[C@H]1CCCCN1C(=O)C[C@H](NC(=O)CCC(C)(C)C)C(=O)CCc1nc2ccccc2[nH]1. The van der Waals surface area contributed by atoms with Crippen LogP contribution >= 0.6 is 0 Å². The number of aryl methyl sites for hydroxylation is 1. The molecule has 1 aliphatic rings. The number of Topliss-reactive ketones (excluding diaryl/α,β-unsaturated/α-hetero) is 1. The van der Waals surface area contributed by atoms with E-state index >= 15 is 0 Å². The van der Waals surface area contributed by atoms with E-state index in [0.29, 0.717) is 12.8 Å². The molecule has 7 heteroatoms. The van der Waals surface area contributed by atoms with Gasteiger partial charge in [-0.3, -0.25) is 14.4 Å². The van der Waals surface area contributed by atoms with E-state index in [-0.39, 0.29) is 41.9 Å². The minimum absolute atomic E-state index is 0.0184. The number of aromatic amines is 1. The Morgan fingerprint density at radius 3 is 2.64 bits per heavy atom. The van der Waals surface area contributed by atoms with Gasteiger partial charge in [-0.1, -0.05) is 32.9 Å². The Balaban J connectivity index is 1.65. The molecule has 0 aliphatic carbocycles. The number of piperidine rings is 1. The van der Waals surface area contributed by atoms with Crippen molar-refractivity contribution in [2.45, 2.75) is 91.1 Å². The largest absolute Gasteiger partial charge is 0.346 e. The second-order valence-corrected chi connectivity index (χ2v) is 10.5. The molecule has 7 nitrogen and oxygen atoms in total. The highest BCUT2D eigenvalue weighted by Gasteiger charge is 2.29. The Morgan fingerprint density at radius 1 is 1.18 bits per heavy atom. The number of benzene rings is 1. The van der Waals surface area contributed by atoms with Crippen LogP contribution in [0.4, 0.5) is 0 Å². The normalized spacial score (nSPS) is 17.7. The third kappa shape index (κ3) is 7.41. The van der Waals surface area contributed by atoms with E-state index in [4.69, 9.17) is 0 Å². The fraction of sp³-hybridized carbons (Fsp3) is 0.615. The summed E-state index contributed by atoms with van der Waals surface area (Å²) in [6.07, 6.45) is 4.82. The molecule has 0 spiro atoms. The molecule has 180 valence electrons. The number of carbonyl (C=O) groups is 3. The zero-order valence-corrected chi connectivity index (χ0v) is 20.4. The van der Waals surface area contributed by atoms with Gasteiger partial charge in [0.05, 0.1) is 23.5 Å². The van der Waals surface area contributed by atoms with Crippen molar-refractivity contribution >= 4 is 28.6 Å². The maximum absolute atomic E-state index is 13.1. The van der Waals surface area contributed by atoms with Gasteiger partial charge in [0.25, 0.3) is 0 Å². The highest BCUT2D eigenvalue weighted by Crippen LogP contribution is 2.21. The number of ketones is 1. The fourth-order valence-corrected chi connectivity index (χ4v) is 4.30. The van der Waals surface area contributed by atoms with E-state index in [9.17, 15) is 14.4 Å².